The van der Waals surface area contributed by atoms with Crippen LogP contribution in [0.15, 0.2) is 37.2 Å². The minimum absolute atomic E-state index is 0.308. The Morgan fingerprint density at radius 1 is 1.10 bits per heavy atom. The van der Waals surface area contributed by atoms with Gasteiger partial charge < -0.3 is 9.64 Å². The van der Waals surface area contributed by atoms with Gasteiger partial charge in [0.25, 0.3) is 0 Å². The van der Waals surface area contributed by atoms with E-state index in [0.29, 0.717) is 6.04 Å². The molecule has 6 nitrogen and oxygen atoms in total. The number of aryl methyl sites for hydroxylation is 1. The number of nitrogens with zero attached hydrogens (tertiary/aromatic N) is 5. The Morgan fingerprint density at radius 2 is 1.95 bits per heavy atom. The van der Waals surface area contributed by atoms with Crippen molar-refractivity contribution in [3.05, 3.63) is 42.9 Å². The van der Waals surface area contributed by atoms with E-state index in [9.17, 15) is 0 Å². The van der Waals surface area contributed by atoms with Crippen molar-refractivity contribution in [2.75, 3.05) is 24.7 Å². The molecule has 1 aliphatic heterocycles. The number of ether oxygens (including phenoxy) is 1. The molecule has 0 aliphatic carbocycles. The summed E-state index contributed by atoms with van der Waals surface area (Å²) in [7, 11) is 0. The Labute approximate surface area is 117 Å². The first-order chi connectivity index (χ1) is 9.93. The van der Waals surface area contributed by atoms with Gasteiger partial charge in [0.05, 0.1) is 31.1 Å². The van der Waals surface area contributed by atoms with Crippen LogP contribution in [0.2, 0.25) is 0 Å². The van der Waals surface area contributed by atoms with Crippen LogP contribution in [0, 0.1) is 0 Å². The summed E-state index contributed by atoms with van der Waals surface area (Å²) >= 11 is 0. The first kappa shape index (κ1) is 12.9. The van der Waals surface area contributed by atoms with Gasteiger partial charge in [-0.3, -0.25) is 15.0 Å². The van der Waals surface area contributed by atoms with E-state index in [1.54, 1.807) is 31.0 Å². The van der Waals surface area contributed by atoms with Gasteiger partial charge in [-0.2, -0.15) is 0 Å². The normalized spacial score (nSPS) is 19.0. The predicted molar refractivity (Wildman–Crippen MR) is 74.3 cm³/mol. The van der Waals surface area contributed by atoms with Crippen LogP contribution in [-0.4, -0.2) is 45.7 Å². The summed E-state index contributed by atoms with van der Waals surface area (Å²) in [5.74, 6) is 0.917. The van der Waals surface area contributed by atoms with Gasteiger partial charge in [0.1, 0.15) is 5.82 Å². The average molecular weight is 271 g/mol. The van der Waals surface area contributed by atoms with Crippen molar-refractivity contribution in [1.82, 2.24) is 19.9 Å². The molecule has 1 unspecified atom stereocenters. The number of hydrogen-bond donors (Lipinski definition) is 0. The second-order valence-electron chi connectivity index (χ2n) is 4.72. The number of anilines is 1. The molecule has 0 bridgehead atoms. The molecule has 1 aliphatic rings. The lowest BCUT2D eigenvalue weighted by Gasteiger charge is -2.36. The third kappa shape index (κ3) is 3.08. The third-order valence-electron chi connectivity index (χ3n) is 3.42. The molecule has 3 heterocycles. The topological polar surface area (TPSA) is 64.0 Å². The molecule has 1 saturated heterocycles. The first-order valence-electron chi connectivity index (χ1n) is 6.79. The first-order valence-corrected chi connectivity index (χ1v) is 6.79. The van der Waals surface area contributed by atoms with E-state index in [1.807, 2.05) is 6.20 Å². The summed E-state index contributed by atoms with van der Waals surface area (Å²) in [6, 6.07) is 0.308. The Morgan fingerprint density at radius 3 is 2.70 bits per heavy atom. The Hall–Kier alpha value is -2.08. The van der Waals surface area contributed by atoms with Crippen molar-refractivity contribution in [3.8, 4) is 0 Å². The second-order valence-corrected chi connectivity index (χ2v) is 4.72. The fourth-order valence-corrected chi connectivity index (χ4v) is 2.41. The fraction of sp³-hybridized carbons (Fsp3) is 0.429. The molecule has 0 radical (unpaired) electrons. The molecule has 0 N–H and O–H groups in total. The molecule has 1 atom stereocenters. The van der Waals surface area contributed by atoms with Crippen LogP contribution in [0.4, 0.5) is 5.82 Å². The maximum Gasteiger partial charge on any atom is 0.147 e. The van der Waals surface area contributed by atoms with Crippen molar-refractivity contribution >= 4 is 5.82 Å². The standard InChI is InChI=1S/C14H17N5O/c1(12-9-15-3-5-17-12)2-13-11-20-8-7-19(13)14-10-16-4-6-18-14/h3-6,9-10,13H,1-2,7-8,11H2. The van der Waals surface area contributed by atoms with E-state index in [2.05, 4.69) is 24.8 Å². The molecule has 0 saturated carbocycles. The summed E-state index contributed by atoms with van der Waals surface area (Å²) in [4.78, 5) is 19.2. The molecule has 1 fully saturated rings. The molecule has 6 heteroatoms. The van der Waals surface area contributed by atoms with Gasteiger partial charge in [-0.15, -0.1) is 0 Å². The summed E-state index contributed by atoms with van der Waals surface area (Å²) in [6.45, 7) is 2.30. The highest BCUT2D eigenvalue weighted by Crippen LogP contribution is 2.19. The SMILES string of the molecule is c1cnc(CCC2COCCN2c2cnccn2)cn1. The molecule has 0 spiro atoms. The zero-order chi connectivity index (χ0) is 13.6. The third-order valence-corrected chi connectivity index (χ3v) is 3.42. The van der Waals surface area contributed by atoms with Gasteiger partial charge in [0.2, 0.25) is 0 Å². The van der Waals surface area contributed by atoms with Crippen LogP contribution in [0.5, 0.6) is 0 Å². The molecule has 104 valence electrons. The number of aromatic nitrogens is 4. The summed E-state index contributed by atoms with van der Waals surface area (Å²) in [6.07, 6.45) is 12.3. The molecule has 2 aromatic heterocycles. The largest absolute Gasteiger partial charge is 0.377 e. The van der Waals surface area contributed by atoms with Gasteiger partial charge in [0, 0.05) is 37.5 Å². The van der Waals surface area contributed by atoms with Gasteiger partial charge in [0.15, 0.2) is 0 Å². The van der Waals surface area contributed by atoms with Gasteiger partial charge in [-0.1, -0.05) is 0 Å². The van der Waals surface area contributed by atoms with E-state index in [1.165, 1.54) is 0 Å². The maximum atomic E-state index is 5.60. The van der Waals surface area contributed by atoms with Crippen LogP contribution in [-0.2, 0) is 11.2 Å². The fourth-order valence-electron chi connectivity index (χ4n) is 2.41. The minimum Gasteiger partial charge on any atom is -0.377 e. The van der Waals surface area contributed by atoms with Gasteiger partial charge in [-0.05, 0) is 12.8 Å². The van der Waals surface area contributed by atoms with Gasteiger partial charge in [-0.25, -0.2) is 4.98 Å². The van der Waals surface area contributed by atoms with E-state index in [-0.39, 0.29) is 0 Å². The lowest BCUT2D eigenvalue weighted by molar-refractivity contribution is 0.0911. The average Bonchev–Trinajstić information content (AvgIpc) is 2.55. The zero-order valence-corrected chi connectivity index (χ0v) is 11.2. The summed E-state index contributed by atoms with van der Waals surface area (Å²) < 4.78 is 5.60. The van der Waals surface area contributed by atoms with Crippen LogP contribution < -0.4 is 4.90 Å². The van der Waals surface area contributed by atoms with Crippen LogP contribution >= 0.6 is 0 Å². The van der Waals surface area contributed by atoms with E-state index >= 15 is 0 Å². The highest BCUT2D eigenvalue weighted by Gasteiger charge is 2.24. The minimum atomic E-state index is 0.308. The predicted octanol–water partition coefficient (Wildman–Crippen LogP) is 1.10. The quantitative estimate of drug-likeness (QED) is 0.830. The Bertz CT molecular complexity index is 522. The van der Waals surface area contributed by atoms with Gasteiger partial charge >= 0.3 is 0 Å². The molecule has 2 aromatic rings. The smallest absolute Gasteiger partial charge is 0.147 e. The van der Waals surface area contributed by atoms with Crippen molar-refractivity contribution in [3.63, 3.8) is 0 Å². The van der Waals surface area contributed by atoms with Crippen molar-refractivity contribution in [1.29, 1.82) is 0 Å². The lowest BCUT2D eigenvalue weighted by atomic mass is 10.1. The Kier molecular flexibility index (Phi) is 4.13. The lowest BCUT2D eigenvalue weighted by Crippen LogP contribution is -2.46. The highest BCUT2D eigenvalue weighted by atomic mass is 16.5. The van der Waals surface area contributed by atoms with Crippen LogP contribution in [0.25, 0.3) is 0 Å². The summed E-state index contributed by atoms with van der Waals surface area (Å²) in [5, 5.41) is 0. The van der Waals surface area contributed by atoms with Crippen LogP contribution in [0.3, 0.4) is 0 Å². The molecule has 20 heavy (non-hydrogen) atoms. The number of rotatable bonds is 4. The molecular formula is C14H17N5O. The van der Waals surface area contributed by atoms with Crippen LogP contribution in [0.1, 0.15) is 12.1 Å². The monoisotopic (exact) mass is 271 g/mol. The van der Waals surface area contributed by atoms with Crippen molar-refractivity contribution in [2.45, 2.75) is 18.9 Å². The van der Waals surface area contributed by atoms with Crippen molar-refractivity contribution < 1.29 is 4.74 Å². The molecule has 0 amide bonds. The number of hydrogen-bond acceptors (Lipinski definition) is 6. The maximum absolute atomic E-state index is 5.60. The van der Waals surface area contributed by atoms with E-state index in [4.69, 9.17) is 4.74 Å². The van der Waals surface area contributed by atoms with E-state index < -0.39 is 0 Å². The molecule has 3 rings (SSSR count). The summed E-state index contributed by atoms with van der Waals surface area (Å²) in [5.41, 5.74) is 1.01. The Balaban J connectivity index is 1.67. The van der Waals surface area contributed by atoms with E-state index in [0.717, 1.165) is 44.1 Å². The van der Waals surface area contributed by atoms with Crippen molar-refractivity contribution in [2.24, 2.45) is 0 Å². The number of morpholine rings is 1. The second kappa shape index (κ2) is 6.38. The highest BCUT2D eigenvalue weighted by molar-refractivity contribution is 5.37. The molecule has 0 aromatic carbocycles. The molecular weight excluding hydrogens is 254 g/mol. The zero-order valence-electron chi connectivity index (χ0n) is 11.2.